The van der Waals surface area contributed by atoms with Crippen LogP contribution in [0.5, 0.6) is 0 Å². The van der Waals surface area contributed by atoms with E-state index in [0.717, 1.165) is 11.5 Å². The summed E-state index contributed by atoms with van der Waals surface area (Å²) in [6.07, 6.45) is -1.56. The van der Waals surface area contributed by atoms with Gasteiger partial charge in [0.25, 0.3) is 0 Å². The summed E-state index contributed by atoms with van der Waals surface area (Å²) < 4.78 is 38.8. The zero-order valence-corrected chi connectivity index (χ0v) is 12.1. The molecule has 0 aliphatic rings. The van der Waals surface area contributed by atoms with E-state index in [9.17, 15) is 18.0 Å². The van der Waals surface area contributed by atoms with Crippen molar-refractivity contribution < 1.29 is 18.0 Å². The minimum absolute atomic E-state index is 0.162. The number of halogens is 3. The molecule has 5 nitrogen and oxygen atoms in total. The number of rotatable bonds is 2. The number of nitrogens with zero attached hydrogens (tertiary/aromatic N) is 2. The van der Waals surface area contributed by atoms with Gasteiger partial charge < -0.3 is 5.32 Å². The van der Waals surface area contributed by atoms with Gasteiger partial charge in [-0.3, -0.25) is 10.3 Å². The molecule has 0 bridgehead atoms. The molecule has 3 rings (SSSR count). The lowest BCUT2D eigenvalue weighted by Crippen LogP contribution is -2.22. The summed E-state index contributed by atoms with van der Waals surface area (Å²) in [5.41, 5.74) is -0.820. The normalized spacial score (nSPS) is 11.3. The smallest absolute Gasteiger partial charge is 0.307 e. The maximum Gasteiger partial charge on any atom is 0.418 e. The highest BCUT2D eigenvalue weighted by atomic mass is 19.4. The van der Waals surface area contributed by atoms with Crippen LogP contribution < -0.4 is 10.6 Å². The van der Waals surface area contributed by atoms with E-state index in [-0.39, 0.29) is 11.5 Å². The molecule has 0 saturated carbocycles. The molecule has 2 heterocycles. The van der Waals surface area contributed by atoms with Gasteiger partial charge in [0.2, 0.25) is 0 Å². The third kappa shape index (κ3) is 3.27. The predicted octanol–water partition coefficient (Wildman–Crippen LogP) is 4.29. The molecule has 0 fully saturated rings. The van der Waals surface area contributed by atoms with Gasteiger partial charge in [-0.05, 0) is 24.3 Å². The van der Waals surface area contributed by atoms with Crippen molar-refractivity contribution in [3.63, 3.8) is 0 Å². The van der Waals surface area contributed by atoms with Gasteiger partial charge in [0.1, 0.15) is 5.52 Å². The van der Waals surface area contributed by atoms with Gasteiger partial charge in [-0.2, -0.15) is 13.2 Å². The third-order valence-corrected chi connectivity index (χ3v) is 3.23. The van der Waals surface area contributed by atoms with Gasteiger partial charge in [0.15, 0.2) is 5.82 Å². The number of carbonyl (C=O) groups is 1. The molecule has 0 aliphatic heterocycles. The van der Waals surface area contributed by atoms with Crippen molar-refractivity contribution in [2.45, 2.75) is 6.18 Å². The summed E-state index contributed by atoms with van der Waals surface area (Å²) in [6.45, 7) is 0. The Bertz CT molecular complexity index is 890. The third-order valence-electron chi connectivity index (χ3n) is 3.23. The standard InChI is InChI=1S/C16H11F3N4O/c17-16(18,19)11-5-1-2-6-12(11)22-15(24)23-14-13-10(7-9-21-14)4-3-8-20-13/h1-9H,(H2,21,22,23,24). The number of pyridine rings is 2. The molecule has 3 aromatic rings. The molecule has 0 unspecified atom stereocenters. The topological polar surface area (TPSA) is 66.9 Å². The van der Waals surface area contributed by atoms with Crippen LogP contribution in [-0.2, 0) is 6.18 Å². The summed E-state index contributed by atoms with van der Waals surface area (Å²) in [6, 6.07) is 9.12. The highest BCUT2D eigenvalue weighted by molar-refractivity contribution is 6.04. The zero-order chi connectivity index (χ0) is 17.2. The van der Waals surface area contributed by atoms with Crippen LogP contribution >= 0.6 is 0 Å². The lowest BCUT2D eigenvalue weighted by molar-refractivity contribution is -0.136. The maximum atomic E-state index is 12.9. The maximum absolute atomic E-state index is 12.9. The van der Waals surface area contributed by atoms with Gasteiger partial charge in [-0.25, -0.2) is 9.78 Å². The number of aromatic nitrogens is 2. The van der Waals surface area contributed by atoms with Crippen molar-refractivity contribution in [2.24, 2.45) is 0 Å². The summed E-state index contributed by atoms with van der Waals surface area (Å²) >= 11 is 0. The Hall–Kier alpha value is -3.16. The summed E-state index contributed by atoms with van der Waals surface area (Å²) in [5.74, 6) is 0.162. The molecule has 2 N–H and O–H groups in total. The first-order chi connectivity index (χ1) is 11.4. The summed E-state index contributed by atoms with van der Waals surface area (Å²) in [7, 11) is 0. The van der Waals surface area contributed by atoms with E-state index in [0.29, 0.717) is 5.52 Å². The van der Waals surface area contributed by atoms with Crippen molar-refractivity contribution in [1.29, 1.82) is 0 Å². The fraction of sp³-hybridized carbons (Fsp3) is 0.0625. The van der Waals surface area contributed by atoms with E-state index >= 15 is 0 Å². The molecule has 2 amide bonds. The Labute approximate surface area is 134 Å². The van der Waals surface area contributed by atoms with Gasteiger partial charge in [0, 0.05) is 17.8 Å². The SMILES string of the molecule is O=C(Nc1ccccc1C(F)(F)F)Nc1nccc2cccnc12. The van der Waals surface area contributed by atoms with Crippen LogP contribution in [0.2, 0.25) is 0 Å². The van der Waals surface area contributed by atoms with Gasteiger partial charge in [-0.1, -0.05) is 18.2 Å². The number of anilines is 2. The zero-order valence-electron chi connectivity index (χ0n) is 12.1. The first-order valence-electron chi connectivity index (χ1n) is 6.89. The molecule has 2 aromatic heterocycles. The molecule has 0 spiro atoms. The van der Waals surface area contributed by atoms with E-state index in [2.05, 4.69) is 20.6 Å². The second kappa shape index (κ2) is 6.15. The minimum atomic E-state index is -4.57. The number of amides is 2. The Balaban J connectivity index is 1.84. The Morgan fingerprint density at radius 3 is 2.50 bits per heavy atom. The first kappa shape index (κ1) is 15.7. The quantitative estimate of drug-likeness (QED) is 0.735. The van der Waals surface area contributed by atoms with Crippen molar-refractivity contribution in [3.05, 3.63) is 60.4 Å². The highest BCUT2D eigenvalue weighted by Gasteiger charge is 2.33. The largest absolute Gasteiger partial charge is 0.418 e. The molecule has 0 atom stereocenters. The molecule has 24 heavy (non-hydrogen) atoms. The minimum Gasteiger partial charge on any atom is -0.307 e. The molecule has 0 saturated heterocycles. The van der Waals surface area contributed by atoms with Crippen molar-refractivity contribution >= 4 is 28.4 Å². The number of hydrogen-bond acceptors (Lipinski definition) is 3. The van der Waals surface area contributed by atoms with Crippen molar-refractivity contribution in [3.8, 4) is 0 Å². The molecule has 0 radical (unpaired) electrons. The van der Waals surface area contributed by atoms with E-state index in [1.807, 2.05) is 0 Å². The number of para-hydroxylation sites is 1. The predicted molar refractivity (Wildman–Crippen MR) is 83.6 cm³/mol. The number of fused-ring (bicyclic) bond motifs is 1. The average molecular weight is 332 g/mol. The van der Waals surface area contributed by atoms with E-state index in [1.54, 1.807) is 18.2 Å². The fourth-order valence-electron chi connectivity index (χ4n) is 2.20. The monoisotopic (exact) mass is 332 g/mol. The molecule has 1 aromatic carbocycles. The Kier molecular flexibility index (Phi) is 4.03. The van der Waals surface area contributed by atoms with Crippen LogP contribution in [0.1, 0.15) is 5.56 Å². The lowest BCUT2D eigenvalue weighted by atomic mass is 10.1. The summed E-state index contributed by atoms with van der Waals surface area (Å²) in [5, 5.41) is 5.36. The number of urea groups is 1. The van der Waals surface area contributed by atoms with E-state index in [4.69, 9.17) is 0 Å². The van der Waals surface area contributed by atoms with Crippen LogP contribution in [0.15, 0.2) is 54.9 Å². The van der Waals surface area contributed by atoms with Crippen LogP contribution in [0.4, 0.5) is 29.5 Å². The average Bonchev–Trinajstić information content (AvgIpc) is 2.54. The van der Waals surface area contributed by atoms with Crippen LogP contribution in [-0.4, -0.2) is 16.0 Å². The first-order valence-corrected chi connectivity index (χ1v) is 6.89. The molecule has 8 heteroatoms. The van der Waals surface area contributed by atoms with Gasteiger partial charge in [-0.15, -0.1) is 0 Å². The van der Waals surface area contributed by atoms with Crippen LogP contribution in [0, 0.1) is 0 Å². The van der Waals surface area contributed by atoms with E-state index in [1.165, 1.54) is 30.6 Å². The van der Waals surface area contributed by atoms with Crippen molar-refractivity contribution in [1.82, 2.24) is 9.97 Å². The van der Waals surface area contributed by atoms with Crippen molar-refractivity contribution in [2.75, 3.05) is 10.6 Å². The van der Waals surface area contributed by atoms with E-state index < -0.39 is 17.8 Å². The molecule has 122 valence electrons. The number of benzene rings is 1. The number of hydrogen-bond donors (Lipinski definition) is 2. The number of alkyl halides is 3. The Morgan fingerprint density at radius 1 is 0.917 bits per heavy atom. The Morgan fingerprint density at radius 2 is 1.71 bits per heavy atom. The number of nitrogens with one attached hydrogen (secondary N) is 2. The molecular weight excluding hydrogens is 321 g/mol. The molecular formula is C16H11F3N4O. The lowest BCUT2D eigenvalue weighted by Gasteiger charge is -2.14. The summed E-state index contributed by atoms with van der Waals surface area (Å²) in [4.78, 5) is 20.2. The van der Waals surface area contributed by atoms with Crippen LogP contribution in [0.25, 0.3) is 10.9 Å². The number of carbonyl (C=O) groups excluding carboxylic acids is 1. The molecule has 0 aliphatic carbocycles. The van der Waals surface area contributed by atoms with Gasteiger partial charge >= 0.3 is 12.2 Å². The van der Waals surface area contributed by atoms with Crippen LogP contribution in [0.3, 0.4) is 0 Å². The highest BCUT2D eigenvalue weighted by Crippen LogP contribution is 2.34. The fourth-order valence-corrected chi connectivity index (χ4v) is 2.20. The van der Waals surface area contributed by atoms with Gasteiger partial charge in [0.05, 0.1) is 11.3 Å². The second-order valence-corrected chi connectivity index (χ2v) is 4.86. The second-order valence-electron chi connectivity index (χ2n) is 4.86.